The predicted molar refractivity (Wildman–Crippen MR) is 118 cm³/mol. The standard InChI is InChI=1S/C22H31N3O5S/c1-2-30-22(28)25-9-5-6-15(14-25)19(26)23-20-18(16-7-3-4-8-17(16)31-20)21(27)24-10-12-29-13-11-24/h15H,2-14H2,1H3,(H,23,26)/t15-/m1/s1. The maximum absolute atomic E-state index is 13.4. The Morgan fingerprint density at radius 3 is 2.65 bits per heavy atom. The zero-order valence-electron chi connectivity index (χ0n) is 18.1. The highest BCUT2D eigenvalue weighted by molar-refractivity contribution is 7.17. The van der Waals surface area contributed by atoms with Crippen molar-refractivity contribution < 1.29 is 23.9 Å². The molecule has 1 aromatic rings. The predicted octanol–water partition coefficient (Wildman–Crippen LogP) is 2.91. The summed E-state index contributed by atoms with van der Waals surface area (Å²) < 4.78 is 10.5. The van der Waals surface area contributed by atoms with Crippen LogP contribution in [-0.2, 0) is 27.1 Å². The lowest BCUT2D eigenvalue weighted by Crippen LogP contribution is -2.44. The third-order valence-electron chi connectivity index (χ3n) is 6.24. The van der Waals surface area contributed by atoms with E-state index in [1.54, 1.807) is 23.2 Å². The Kier molecular flexibility index (Phi) is 7.12. The van der Waals surface area contributed by atoms with Gasteiger partial charge < -0.3 is 24.6 Å². The summed E-state index contributed by atoms with van der Waals surface area (Å²) in [6, 6.07) is 0. The summed E-state index contributed by atoms with van der Waals surface area (Å²) in [5, 5.41) is 3.74. The molecule has 31 heavy (non-hydrogen) atoms. The van der Waals surface area contributed by atoms with Crippen molar-refractivity contribution >= 4 is 34.2 Å². The molecular weight excluding hydrogens is 418 g/mol. The average molecular weight is 450 g/mol. The van der Waals surface area contributed by atoms with Crippen LogP contribution in [0.1, 0.15) is 53.4 Å². The van der Waals surface area contributed by atoms with E-state index >= 15 is 0 Å². The van der Waals surface area contributed by atoms with Gasteiger partial charge in [-0.1, -0.05) is 0 Å². The van der Waals surface area contributed by atoms with Gasteiger partial charge in [0.05, 0.1) is 31.3 Å². The van der Waals surface area contributed by atoms with Crippen LogP contribution >= 0.6 is 11.3 Å². The fourth-order valence-electron chi connectivity index (χ4n) is 4.59. The van der Waals surface area contributed by atoms with Crippen LogP contribution in [0.15, 0.2) is 0 Å². The lowest BCUT2D eigenvalue weighted by atomic mass is 9.94. The van der Waals surface area contributed by atoms with Crippen LogP contribution in [0.5, 0.6) is 0 Å². The Labute approximate surface area is 186 Å². The molecule has 0 unspecified atom stereocenters. The van der Waals surface area contributed by atoms with Crippen LogP contribution in [-0.4, -0.2) is 73.7 Å². The smallest absolute Gasteiger partial charge is 0.409 e. The normalized spacial score (nSPS) is 21.4. The van der Waals surface area contributed by atoms with Gasteiger partial charge in [-0.05, 0) is 51.0 Å². The number of aryl methyl sites for hydroxylation is 1. The van der Waals surface area contributed by atoms with Gasteiger partial charge >= 0.3 is 6.09 Å². The number of rotatable bonds is 4. The molecule has 1 N–H and O–H groups in total. The molecule has 1 atom stereocenters. The van der Waals surface area contributed by atoms with E-state index in [9.17, 15) is 14.4 Å². The van der Waals surface area contributed by atoms with Crippen LogP contribution in [0.2, 0.25) is 0 Å². The topological polar surface area (TPSA) is 88.2 Å². The van der Waals surface area contributed by atoms with Gasteiger partial charge in [-0.3, -0.25) is 9.59 Å². The number of carbonyl (C=O) groups excluding carboxylic acids is 3. The summed E-state index contributed by atoms with van der Waals surface area (Å²) >= 11 is 1.55. The highest BCUT2D eigenvalue weighted by Crippen LogP contribution is 2.39. The van der Waals surface area contributed by atoms with Crippen molar-refractivity contribution in [2.75, 3.05) is 51.3 Å². The average Bonchev–Trinajstić information content (AvgIpc) is 3.17. The molecule has 2 aliphatic heterocycles. The van der Waals surface area contributed by atoms with Crippen LogP contribution in [0.25, 0.3) is 0 Å². The van der Waals surface area contributed by atoms with Gasteiger partial charge in [-0.2, -0.15) is 0 Å². The first-order valence-corrected chi connectivity index (χ1v) is 12.1. The molecule has 1 aliphatic carbocycles. The second-order valence-electron chi connectivity index (χ2n) is 8.29. The highest BCUT2D eigenvalue weighted by Gasteiger charge is 2.33. The monoisotopic (exact) mass is 449 g/mol. The van der Waals surface area contributed by atoms with Crippen LogP contribution in [0.4, 0.5) is 9.80 Å². The lowest BCUT2D eigenvalue weighted by Gasteiger charge is -2.31. The lowest BCUT2D eigenvalue weighted by molar-refractivity contribution is -0.121. The number of ether oxygens (including phenoxy) is 2. The van der Waals surface area contributed by atoms with Gasteiger partial charge in [0.25, 0.3) is 5.91 Å². The zero-order chi connectivity index (χ0) is 21.8. The molecule has 0 saturated carbocycles. The molecule has 0 spiro atoms. The highest BCUT2D eigenvalue weighted by atomic mass is 32.1. The molecular formula is C22H31N3O5S. The summed E-state index contributed by atoms with van der Waals surface area (Å²) in [4.78, 5) is 43.3. The number of amides is 3. The van der Waals surface area contributed by atoms with Gasteiger partial charge in [0.1, 0.15) is 5.00 Å². The Bertz CT molecular complexity index is 833. The largest absolute Gasteiger partial charge is 0.450 e. The minimum absolute atomic E-state index is 0.00482. The Balaban J connectivity index is 1.52. The number of fused-ring (bicyclic) bond motifs is 1. The second-order valence-corrected chi connectivity index (χ2v) is 9.40. The molecule has 2 saturated heterocycles. The number of morpholine rings is 1. The number of piperidine rings is 1. The SMILES string of the molecule is CCOC(=O)N1CCC[C@@H](C(=O)Nc2sc3c(c2C(=O)N2CCOCC2)CCCC3)C1. The molecule has 0 aromatic carbocycles. The summed E-state index contributed by atoms with van der Waals surface area (Å²) in [6.45, 7) is 5.30. The Morgan fingerprint density at radius 1 is 1.10 bits per heavy atom. The maximum atomic E-state index is 13.4. The number of nitrogens with zero attached hydrogens (tertiary/aromatic N) is 2. The summed E-state index contributed by atoms with van der Waals surface area (Å²) in [5.74, 6) is -0.429. The molecule has 3 aliphatic rings. The van der Waals surface area contributed by atoms with Gasteiger partial charge in [-0.25, -0.2) is 4.79 Å². The van der Waals surface area contributed by atoms with E-state index in [1.807, 2.05) is 4.90 Å². The molecule has 3 heterocycles. The minimum Gasteiger partial charge on any atom is -0.450 e. The molecule has 1 aromatic heterocycles. The van der Waals surface area contributed by atoms with Gasteiger partial charge in [0, 0.05) is 31.1 Å². The zero-order valence-corrected chi connectivity index (χ0v) is 18.9. The molecule has 8 nitrogen and oxygen atoms in total. The fraction of sp³-hybridized carbons (Fsp3) is 0.682. The molecule has 0 radical (unpaired) electrons. The Morgan fingerprint density at radius 2 is 1.87 bits per heavy atom. The van der Waals surface area contributed by atoms with Crippen LogP contribution < -0.4 is 5.32 Å². The molecule has 0 bridgehead atoms. The van der Waals surface area contributed by atoms with Crippen molar-refractivity contribution in [1.29, 1.82) is 0 Å². The van der Waals surface area contributed by atoms with Gasteiger partial charge in [-0.15, -0.1) is 11.3 Å². The molecule has 4 rings (SSSR count). The minimum atomic E-state index is -0.366. The number of hydrogen-bond acceptors (Lipinski definition) is 6. The van der Waals surface area contributed by atoms with E-state index in [1.165, 1.54) is 4.88 Å². The van der Waals surface area contributed by atoms with Crippen molar-refractivity contribution in [1.82, 2.24) is 9.80 Å². The summed E-state index contributed by atoms with van der Waals surface area (Å²) in [5.41, 5.74) is 1.79. The third kappa shape index (κ3) is 4.87. The quantitative estimate of drug-likeness (QED) is 0.764. The molecule has 3 amide bonds. The number of thiophene rings is 1. The third-order valence-corrected chi connectivity index (χ3v) is 7.45. The van der Waals surface area contributed by atoms with E-state index < -0.39 is 0 Å². The first kappa shape index (κ1) is 22.1. The van der Waals surface area contributed by atoms with E-state index in [0.29, 0.717) is 56.6 Å². The number of carbonyl (C=O) groups is 3. The Hall–Kier alpha value is -2.13. The first-order chi connectivity index (χ1) is 15.1. The van der Waals surface area contributed by atoms with Crippen molar-refractivity contribution in [3.63, 3.8) is 0 Å². The number of nitrogens with one attached hydrogen (secondary N) is 1. The van der Waals surface area contributed by atoms with E-state index in [4.69, 9.17) is 9.47 Å². The molecule has 2 fully saturated rings. The van der Waals surface area contributed by atoms with Gasteiger partial charge in [0.2, 0.25) is 5.91 Å². The van der Waals surface area contributed by atoms with E-state index in [2.05, 4.69) is 5.32 Å². The molecule has 170 valence electrons. The van der Waals surface area contributed by atoms with Crippen LogP contribution in [0.3, 0.4) is 0 Å². The molecule has 9 heteroatoms. The number of hydrogen-bond donors (Lipinski definition) is 1. The van der Waals surface area contributed by atoms with Crippen molar-refractivity contribution in [3.8, 4) is 0 Å². The van der Waals surface area contributed by atoms with E-state index in [-0.39, 0.29) is 23.8 Å². The number of likely N-dealkylation sites (tertiary alicyclic amines) is 1. The van der Waals surface area contributed by atoms with E-state index in [0.717, 1.165) is 44.1 Å². The van der Waals surface area contributed by atoms with Crippen molar-refractivity contribution in [2.24, 2.45) is 5.92 Å². The summed E-state index contributed by atoms with van der Waals surface area (Å²) in [7, 11) is 0. The van der Waals surface area contributed by atoms with Gasteiger partial charge in [0.15, 0.2) is 0 Å². The van der Waals surface area contributed by atoms with Crippen LogP contribution in [0, 0.1) is 5.92 Å². The van der Waals surface area contributed by atoms with Crippen molar-refractivity contribution in [3.05, 3.63) is 16.0 Å². The second kappa shape index (κ2) is 9.99. The number of anilines is 1. The maximum Gasteiger partial charge on any atom is 0.409 e. The first-order valence-electron chi connectivity index (χ1n) is 11.3. The fourth-order valence-corrected chi connectivity index (χ4v) is 5.87. The summed E-state index contributed by atoms with van der Waals surface area (Å²) in [6.07, 6.45) is 5.14. The van der Waals surface area contributed by atoms with Crippen molar-refractivity contribution in [2.45, 2.75) is 45.4 Å².